The molecule has 0 aliphatic rings. The summed E-state index contributed by atoms with van der Waals surface area (Å²) in [6, 6.07) is 8.69. The van der Waals surface area contributed by atoms with Gasteiger partial charge in [0.15, 0.2) is 0 Å². The van der Waals surface area contributed by atoms with Crippen LogP contribution in [0.5, 0.6) is 0 Å². The normalized spacial score (nSPS) is 9.60. The number of nitriles is 1. The number of anilines is 1. The molecule has 20 heavy (non-hydrogen) atoms. The summed E-state index contributed by atoms with van der Waals surface area (Å²) in [4.78, 5) is 23.9. The van der Waals surface area contributed by atoms with Crippen LogP contribution >= 0.6 is 0 Å². The van der Waals surface area contributed by atoms with E-state index >= 15 is 0 Å². The molecule has 0 radical (unpaired) electrons. The van der Waals surface area contributed by atoms with E-state index in [-0.39, 0.29) is 19.0 Å². The average molecular weight is 275 g/mol. The number of nitrogens with zero attached hydrogens (tertiary/aromatic N) is 2. The lowest BCUT2D eigenvalue weighted by atomic mass is 10.1. The minimum atomic E-state index is -0.933. The van der Waals surface area contributed by atoms with E-state index in [0.29, 0.717) is 18.7 Å². The van der Waals surface area contributed by atoms with E-state index in [9.17, 15) is 9.59 Å². The van der Waals surface area contributed by atoms with Gasteiger partial charge in [-0.15, -0.1) is 0 Å². The van der Waals surface area contributed by atoms with Gasteiger partial charge in [0.2, 0.25) is 0 Å². The predicted octanol–water partition coefficient (Wildman–Crippen LogP) is 2.08. The quantitative estimate of drug-likeness (QED) is 0.831. The second kappa shape index (κ2) is 7.79. The van der Waals surface area contributed by atoms with Gasteiger partial charge in [-0.25, -0.2) is 4.79 Å². The van der Waals surface area contributed by atoms with Crippen molar-refractivity contribution in [3.63, 3.8) is 0 Å². The van der Waals surface area contributed by atoms with Crippen LogP contribution in [0.4, 0.5) is 10.5 Å². The number of aliphatic carboxylic acids is 1. The van der Waals surface area contributed by atoms with Crippen LogP contribution in [0.3, 0.4) is 0 Å². The molecular formula is C14H17N3O3. The van der Waals surface area contributed by atoms with Gasteiger partial charge in [-0.3, -0.25) is 4.79 Å². The molecule has 0 saturated carbocycles. The van der Waals surface area contributed by atoms with Crippen molar-refractivity contribution in [2.75, 3.05) is 18.4 Å². The minimum Gasteiger partial charge on any atom is -0.481 e. The monoisotopic (exact) mass is 275 g/mol. The summed E-state index contributed by atoms with van der Waals surface area (Å²) in [5, 5.41) is 19.9. The summed E-state index contributed by atoms with van der Waals surface area (Å²) in [5.74, 6) is -0.933. The molecule has 0 aliphatic carbocycles. The van der Waals surface area contributed by atoms with Crippen LogP contribution in [0.15, 0.2) is 24.3 Å². The Kier molecular flexibility index (Phi) is 6.04. The fraction of sp³-hybridized carbons (Fsp3) is 0.357. The van der Waals surface area contributed by atoms with Crippen molar-refractivity contribution >= 4 is 17.7 Å². The lowest BCUT2D eigenvalue weighted by Gasteiger charge is -2.20. The van der Waals surface area contributed by atoms with Crippen LogP contribution < -0.4 is 5.32 Å². The predicted molar refractivity (Wildman–Crippen MR) is 74.3 cm³/mol. The van der Waals surface area contributed by atoms with E-state index in [1.54, 1.807) is 31.2 Å². The Morgan fingerprint density at radius 1 is 1.35 bits per heavy atom. The number of rotatable bonds is 6. The first-order valence-corrected chi connectivity index (χ1v) is 6.30. The van der Waals surface area contributed by atoms with E-state index in [4.69, 9.17) is 10.4 Å². The molecule has 0 bridgehead atoms. The van der Waals surface area contributed by atoms with Crippen molar-refractivity contribution in [3.05, 3.63) is 29.8 Å². The van der Waals surface area contributed by atoms with E-state index < -0.39 is 5.97 Å². The highest BCUT2D eigenvalue weighted by Gasteiger charge is 2.12. The van der Waals surface area contributed by atoms with Gasteiger partial charge < -0.3 is 15.3 Å². The Labute approximate surface area is 117 Å². The van der Waals surface area contributed by atoms with Crippen LogP contribution in [0.1, 0.15) is 18.9 Å². The van der Waals surface area contributed by atoms with Gasteiger partial charge in [0.25, 0.3) is 0 Å². The number of carbonyl (C=O) groups excluding carboxylic acids is 1. The highest BCUT2D eigenvalue weighted by Crippen LogP contribution is 2.11. The average Bonchev–Trinajstić information content (AvgIpc) is 2.41. The molecule has 6 nitrogen and oxygen atoms in total. The Hall–Kier alpha value is -2.55. The second-order valence-electron chi connectivity index (χ2n) is 4.19. The summed E-state index contributed by atoms with van der Waals surface area (Å²) >= 11 is 0. The maximum absolute atomic E-state index is 11.9. The molecule has 0 fully saturated rings. The molecule has 0 spiro atoms. The lowest BCUT2D eigenvalue weighted by Crippen LogP contribution is -2.36. The summed E-state index contributed by atoms with van der Waals surface area (Å²) in [6.07, 6.45) is 0.246. The number of hydrogen-bond donors (Lipinski definition) is 2. The van der Waals surface area contributed by atoms with Crippen molar-refractivity contribution in [2.24, 2.45) is 0 Å². The smallest absolute Gasteiger partial charge is 0.321 e. The van der Waals surface area contributed by atoms with Crippen LogP contribution in [0.25, 0.3) is 0 Å². The molecule has 1 aromatic carbocycles. The van der Waals surface area contributed by atoms with Gasteiger partial charge >= 0.3 is 12.0 Å². The van der Waals surface area contributed by atoms with Crippen molar-refractivity contribution in [2.45, 2.75) is 19.8 Å². The molecule has 0 atom stereocenters. The highest BCUT2D eigenvalue weighted by molar-refractivity contribution is 5.89. The fourth-order valence-electron chi connectivity index (χ4n) is 1.63. The fourth-order valence-corrected chi connectivity index (χ4v) is 1.63. The molecule has 0 unspecified atom stereocenters. The molecule has 0 aromatic heterocycles. The first-order valence-electron chi connectivity index (χ1n) is 6.30. The van der Waals surface area contributed by atoms with Crippen LogP contribution in [-0.4, -0.2) is 35.1 Å². The number of urea groups is 1. The third kappa shape index (κ3) is 4.98. The van der Waals surface area contributed by atoms with Crippen molar-refractivity contribution in [1.82, 2.24) is 4.90 Å². The first-order chi connectivity index (χ1) is 9.56. The zero-order chi connectivity index (χ0) is 15.0. The number of hydrogen-bond acceptors (Lipinski definition) is 3. The molecule has 2 amide bonds. The molecule has 106 valence electrons. The molecule has 0 saturated heterocycles. The molecule has 1 rings (SSSR count). The topological polar surface area (TPSA) is 93.4 Å². The second-order valence-corrected chi connectivity index (χ2v) is 4.19. The van der Waals surface area contributed by atoms with E-state index in [1.165, 1.54) is 4.90 Å². The number of carbonyl (C=O) groups is 2. The van der Waals surface area contributed by atoms with Crippen molar-refractivity contribution < 1.29 is 14.7 Å². The number of carboxylic acid groups (broad SMARTS) is 1. The third-order valence-corrected chi connectivity index (χ3v) is 2.75. The molecule has 6 heteroatoms. The van der Waals surface area contributed by atoms with Crippen molar-refractivity contribution in [1.29, 1.82) is 5.26 Å². The zero-order valence-electron chi connectivity index (χ0n) is 11.3. The van der Waals surface area contributed by atoms with Crippen LogP contribution in [0.2, 0.25) is 0 Å². The van der Waals surface area contributed by atoms with Gasteiger partial charge in [-0.2, -0.15) is 5.26 Å². The number of benzene rings is 1. The van der Waals surface area contributed by atoms with Crippen LogP contribution in [0, 0.1) is 11.3 Å². The van der Waals surface area contributed by atoms with Crippen molar-refractivity contribution in [3.8, 4) is 6.07 Å². The number of amides is 2. The Morgan fingerprint density at radius 3 is 2.50 bits per heavy atom. The molecule has 2 N–H and O–H groups in total. The van der Waals surface area contributed by atoms with Crippen LogP contribution in [-0.2, 0) is 11.2 Å². The molecule has 1 aromatic rings. The standard InChI is InChI=1S/C14H17N3O3/c1-2-17(10-8-13(18)19)14(20)16-12-5-3-11(4-6-12)7-9-15/h3-6H,2,7-8,10H2,1H3,(H,16,20)(H,18,19). The van der Waals surface area contributed by atoms with E-state index in [1.807, 2.05) is 6.07 Å². The SMILES string of the molecule is CCN(CCC(=O)O)C(=O)Nc1ccc(CC#N)cc1. The van der Waals surface area contributed by atoms with Gasteiger partial charge in [0.05, 0.1) is 18.9 Å². The maximum atomic E-state index is 11.9. The van der Waals surface area contributed by atoms with E-state index in [2.05, 4.69) is 5.32 Å². The first kappa shape index (κ1) is 15.5. The Morgan fingerprint density at radius 2 is 2.00 bits per heavy atom. The minimum absolute atomic E-state index is 0.0810. The summed E-state index contributed by atoms with van der Waals surface area (Å²) in [7, 11) is 0. The largest absolute Gasteiger partial charge is 0.481 e. The highest BCUT2D eigenvalue weighted by atomic mass is 16.4. The lowest BCUT2D eigenvalue weighted by molar-refractivity contribution is -0.137. The van der Waals surface area contributed by atoms with E-state index in [0.717, 1.165) is 5.56 Å². The number of nitrogens with one attached hydrogen (secondary N) is 1. The van der Waals surface area contributed by atoms with Gasteiger partial charge in [0, 0.05) is 18.8 Å². The number of carboxylic acids is 1. The van der Waals surface area contributed by atoms with Gasteiger partial charge in [-0.1, -0.05) is 12.1 Å². The summed E-state index contributed by atoms with van der Waals surface area (Å²) < 4.78 is 0. The Balaban J connectivity index is 2.59. The maximum Gasteiger partial charge on any atom is 0.321 e. The van der Waals surface area contributed by atoms with Gasteiger partial charge in [-0.05, 0) is 24.6 Å². The third-order valence-electron chi connectivity index (χ3n) is 2.75. The summed E-state index contributed by atoms with van der Waals surface area (Å²) in [5.41, 5.74) is 1.49. The molecule has 0 aliphatic heterocycles. The van der Waals surface area contributed by atoms with Gasteiger partial charge in [0.1, 0.15) is 0 Å². The Bertz CT molecular complexity index is 505. The molecular weight excluding hydrogens is 258 g/mol. The zero-order valence-corrected chi connectivity index (χ0v) is 11.3. The summed E-state index contributed by atoms with van der Waals surface area (Å²) in [6.45, 7) is 2.40. The molecule has 0 heterocycles.